The third kappa shape index (κ3) is 6.13. The number of amides is 2. The number of urea groups is 1. The van der Waals surface area contributed by atoms with Crippen LogP contribution in [-0.2, 0) is 4.74 Å². The van der Waals surface area contributed by atoms with Gasteiger partial charge in [0.05, 0.1) is 13.2 Å². The predicted molar refractivity (Wildman–Crippen MR) is 89.1 cm³/mol. The van der Waals surface area contributed by atoms with E-state index in [1.165, 1.54) is 25.8 Å². The molecule has 0 spiro atoms. The molecule has 2 fully saturated rings. The zero-order valence-electron chi connectivity index (χ0n) is 14.2. The normalized spacial score (nSPS) is 21.0. The Morgan fingerprint density at radius 3 is 2.55 bits per heavy atom. The van der Waals surface area contributed by atoms with Crippen molar-refractivity contribution in [3.05, 3.63) is 0 Å². The first-order valence-electron chi connectivity index (χ1n) is 9.12. The Kier molecular flexibility index (Phi) is 8.02. The SMILES string of the molecule is CCCCCNC(=O)N1CCC(CCN2CCOCC2)CC1. The number of morpholine rings is 1. The summed E-state index contributed by atoms with van der Waals surface area (Å²) in [5, 5.41) is 3.05. The smallest absolute Gasteiger partial charge is 0.317 e. The predicted octanol–water partition coefficient (Wildman–Crippen LogP) is 2.32. The topological polar surface area (TPSA) is 44.8 Å². The number of ether oxygens (including phenoxy) is 1. The highest BCUT2D eigenvalue weighted by Gasteiger charge is 2.23. The number of hydrogen-bond donors (Lipinski definition) is 1. The van der Waals surface area contributed by atoms with E-state index in [0.29, 0.717) is 0 Å². The number of hydrogen-bond acceptors (Lipinski definition) is 3. The molecule has 0 bridgehead atoms. The number of nitrogens with one attached hydrogen (secondary N) is 1. The van der Waals surface area contributed by atoms with Crippen molar-refractivity contribution in [2.45, 2.75) is 45.4 Å². The minimum atomic E-state index is 0.141. The van der Waals surface area contributed by atoms with Crippen LogP contribution < -0.4 is 5.32 Å². The van der Waals surface area contributed by atoms with Gasteiger partial charge in [-0.1, -0.05) is 19.8 Å². The van der Waals surface area contributed by atoms with Crippen LogP contribution in [0.15, 0.2) is 0 Å². The van der Waals surface area contributed by atoms with E-state index in [1.54, 1.807) is 0 Å². The highest BCUT2D eigenvalue weighted by atomic mass is 16.5. The third-order valence-corrected chi connectivity index (χ3v) is 4.92. The lowest BCUT2D eigenvalue weighted by molar-refractivity contribution is 0.0339. The van der Waals surface area contributed by atoms with Gasteiger partial charge >= 0.3 is 6.03 Å². The molecule has 5 nitrogen and oxygen atoms in total. The third-order valence-electron chi connectivity index (χ3n) is 4.92. The molecule has 22 heavy (non-hydrogen) atoms. The van der Waals surface area contributed by atoms with Gasteiger partial charge in [-0.25, -0.2) is 4.79 Å². The summed E-state index contributed by atoms with van der Waals surface area (Å²) >= 11 is 0. The van der Waals surface area contributed by atoms with E-state index in [4.69, 9.17) is 4.74 Å². The molecule has 0 unspecified atom stereocenters. The first kappa shape index (κ1) is 17.5. The standard InChI is InChI=1S/C17H33N3O2/c1-2-3-4-8-18-17(21)20-10-6-16(7-11-20)5-9-19-12-14-22-15-13-19/h16H,2-15H2,1H3,(H,18,21). The van der Waals surface area contributed by atoms with Crippen molar-refractivity contribution in [1.82, 2.24) is 15.1 Å². The lowest BCUT2D eigenvalue weighted by atomic mass is 9.93. The van der Waals surface area contributed by atoms with E-state index in [9.17, 15) is 4.79 Å². The number of piperidine rings is 1. The van der Waals surface area contributed by atoms with Crippen LogP contribution in [0.5, 0.6) is 0 Å². The van der Waals surface area contributed by atoms with Crippen molar-refractivity contribution in [3.63, 3.8) is 0 Å². The van der Waals surface area contributed by atoms with Crippen LogP contribution >= 0.6 is 0 Å². The maximum atomic E-state index is 12.1. The summed E-state index contributed by atoms with van der Waals surface area (Å²) in [4.78, 5) is 16.6. The van der Waals surface area contributed by atoms with Crippen LogP contribution in [0.1, 0.15) is 45.4 Å². The average Bonchev–Trinajstić information content (AvgIpc) is 2.58. The van der Waals surface area contributed by atoms with Crippen molar-refractivity contribution < 1.29 is 9.53 Å². The van der Waals surface area contributed by atoms with Crippen LogP contribution in [0.3, 0.4) is 0 Å². The Morgan fingerprint density at radius 1 is 1.14 bits per heavy atom. The van der Waals surface area contributed by atoms with Gasteiger partial charge in [-0.05, 0) is 38.1 Å². The highest BCUT2D eigenvalue weighted by Crippen LogP contribution is 2.21. The molecule has 0 radical (unpaired) electrons. The number of nitrogens with zero attached hydrogens (tertiary/aromatic N) is 2. The zero-order chi connectivity index (χ0) is 15.6. The lowest BCUT2D eigenvalue weighted by Gasteiger charge is -2.34. The molecule has 0 aromatic heterocycles. The summed E-state index contributed by atoms with van der Waals surface area (Å²) in [5.74, 6) is 0.784. The maximum absolute atomic E-state index is 12.1. The van der Waals surface area contributed by atoms with E-state index in [-0.39, 0.29) is 6.03 Å². The van der Waals surface area contributed by atoms with E-state index >= 15 is 0 Å². The summed E-state index contributed by atoms with van der Waals surface area (Å²) < 4.78 is 5.39. The van der Waals surface area contributed by atoms with Crippen molar-refractivity contribution in [1.29, 1.82) is 0 Å². The molecular formula is C17H33N3O2. The minimum Gasteiger partial charge on any atom is -0.379 e. The van der Waals surface area contributed by atoms with Gasteiger partial charge in [0.2, 0.25) is 0 Å². The van der Waals surface area contributed by atoms with Gasteiger partial charge < -0.3 is 15.0 Å². The summed E-state index contributed by atoms with van der Waals surface area (Å²) in [5.41, 5.74) is 0. The number of carbonyl (C=O) groups excluding carboxylic acids is 1. The molecule has 128 valence electrons. The second-order valence-electron chi connectivity index (χ2n) is 6.61. The molecule has 2 aliphatic heterocycles. The molecule has 1 N–H and O–H groups in total. The quantitative estimate of drug-likeness (QED) is 0.734. The van der Waals surface area contributed by atoms with Gasteiger partial charge in [0.25, 0.3) is 0 Å². The second kappa shape index (κ2) is 10.1. The van der Waals surface area contributed by atoms with Gasteiger partial charge in [0.1, 0.15) is 0 Å². The summed E-state index contributed by atoms with van der Waals surface area (Å²) in [6.45, 7) is 9.98. The molecule has 2 amide bonds. The fourth-order valence-electron chi connectivity index (χ4n) is 3.30. The van der Waals surface area contributed by atoms with Crippen molar-refractivity contribution in [3.8, 4) is 0 Å². The number of carbonyl (C=O) groups is 1. The molecule has 0 saturated carbocycles. The largest absolute Gasteiger partial charge is 0.379 e. The van der Waals surface area contributed by atoms with Gasteiger partial charge in [-0.15, -0.1) is 0 Å². The van der Waals surface area contributed by atoms with Gasteiger partial charge in [-0.2, -0.15) is 0 Å². The molecule has 0 aliphatic carbocycles. The Labute approximate surface area is 135 Å². The van der Waals surface area contributed by atoms with Crippen LogP contribution in [-0.4, -0.2) is 68.3 Å². The van der Waals surface area contributed by atoms with E-state index < -0.39 is 0 Å². The Bertz CT molecular complexity index is 311. The fraction of sp³-hybridized carbons (Fsp3) is 0.941. The summed E-state index contributed by atoms with van der Waals surface area (Å²) in [6, 6.07) is 0.141. The van der Waals surface area contributed by atoms with Gasteiger partial charge in [0, 0.05) is 32.7 Å². The van der Waals surface area contributed by atoms with Gasteiger partial charge in [-0.3, -0.25) is 4.90 Å². The summed E-state index contributed by atoms with van der Waals surface area (Å²) in [7, 11) is 0. The highest BCUT2D eigenvalue weighted by molar-refractivity contribution is 5.74. The molecule has 0 aromatic rings. The van der Waals surface area contributed by atoms with Crippen LogP contribution in [0, 0.1) is 5.92 Å². The lowest BCUT2D eigenvalue weighted by Crippen LogP contribution is -2.45. The van der Waals surface area contributed by atoms with Gasteiger partial charge in [0.15, 0.2) is 0 Å². The Morgan fingerprint density at radius 2 is 1.86 bits per heavy atom. The Hall–Kier alpha value is -0.810. The summed E-state index contributed by atoms with van der Waals surface area (Å²) in [6.07, 6.45) is 7.08. The number of rotatable bonds is 7. The van der Waals surface area contributed by atoms with Crippen molar-refractivity contribution >= 4 is 6.03 Å². The van der Waals surface area contributed by atoms with E-state index in [2.05, 4.69) is 17.1 Å². The minimum absolute atomic E-state index is 0.141. The van der Waals surface area contributed by atoms with Crippen LogP contribution in [0.25, 0.3) is 0 Å². The second-order valence-corrected chi connectivity index (χ2v) is 6.61. The molecule has 2 aliphatic rings. The molecule has 2 rings (SSSR count). The number of likely N-dealkylation sites (tertiary alicyclic amines) is 1. The van der Waals surface area contributed by atoms with Crippen LogP contribution in [0.2, 0.25) is 0 Å². The monoisotopic (exact) mass is 311 g/mol. The molecular weight excluding hydrogens is 278 g/mol. The molecule has 0 aromatic carbocycles. The molecule has 0 atom stereocenters. The fourth-order valence-corrected chi connectivity index (χ4v) is 3.30. The van der Waals surface area contributed by atoms with E-state index in [0.717, 1.165) is 71.1 Å². The van der Waals surface area contributed by atoms with Crippen molar-refractivity contribution in [2.75, 3.05) is 52.5 Å². The molecule has 2 saturated heterocycles. The Balaban J connectivity index is 1.55. The molecule has 2 heterocycles. The first-order valence-corrected chi connectivity index (χ1v) is 9.12. The molecule has 5 heteroatoms. The average molecular weight is 311 g/mol. The van der Waals surface area contributed by atoms with Crippen LogP contribution in [0.4, 0.5) is 4.79 Å². The van der Waals surface area contributed by atoms with E-state index in [1.807, 2.05) is 4.90 Å². The number of unbranched alkanes of at least 4 members (excludes halogenated alkanes) is 2. The maximum Gasteiger partial charge on any atom is 0.317 e. The van der Waals surface area contributed by atoms with Crippen molar-refractivity contribution in [2.24, 2.45) is 5.92 Å². The first-order chi connectivity index (χ1) is 10.8. The zero-order valence-corrected chi connectivity index (χ0v) is 14.2.